The van der Waals surface area contributed by atoms with Crippen molar-refractivity contribution in [3.8, 4) is 11.5 Å². The van der Waals surface area contributed by atoms with E-state index in [0.29, 0.717) is 31.1 Å². The molecule has 8 heteroatoms. The Bertz CT molecular complexity index is 1300. The molecule has 2 aromatic carbocycles. The van der Waals surface area contributed by atoms with Gasteiger partial charge in [0.05, 0.1) is 19.2 Å². The van der Waals surface area contributed by atoms with E-state index in [4.69, 9.17) is 9.47 Å². The number of methoxy groups -OCH3 is 1. The first-order chi connectivity index (χ1) is 17.5. The van der Waals surface area contributed by atoms with Crippen LogP contribution in [0.4, 0.5) is 5.69 Å². The maximum atomic E-state index is 12.9. The number of nitrogens with zero attached hydrogens (tertiary/aromatic N) is 2. The highest BCUT2D eigenvalue weighted by Gasteiger charge is 2.38. The smallest absolute Gasteiger partial charge is 0.260 e. The zero-order chi connectivity index (χ0) is 25.1. The predicted molar refractivity (Wildman–Crippen MR) is 135 cm³/mol. The van der Waals surface area contributed by atoms with Gasteiger partial charge in [0.2, 0.25) is 5.91 Å². The largest absolute Gasteiger partial charge is 0.497 e. The monoisotopic (exact) mass is 487 g/mol. The summed E-state index contributed by atoms with van der Waals surface area (Å²) in [6, 6.07) is 19.8. The normalized spacial score (nSPS) is 18.2. The van der Waals surface area contributed by atoms with Crippen molar-refractivity contribution in [3.05, 3.63) is 88.3 Å². The lowest BCUT2D eigenvalue weighted by molar-refractivity contribution is -0.136. The van der Waals surface area contributed by atoms with Gasteiger partial charge in [0, 0.05) is 37.3 Å². The molecule has 1 saturated heterocycles. The SMILES string of the molecule is COc1ccc(CC(=O)Nc2ccc(=O)n3c2C2CC(CN(C(=O)COc4ccccc4)C2)C3)cc1. The Labute approximate surface area is 209 Å². The molecule has 0 radical (unpaired) electrons. The molecule has 2 bridgehead atoms. The highest BCUT2D eigenvalue weighted by atomic mass is 16.5. The summed E-state index contributed by atoms with van der Waals surface area (Å²) >= 11 is 0. The molecule has 2 amide bonds. The summed E-state index contributed by atoms with van der Waals surface area (Å²) in [4.78, 5) is 40.3. The van der Waals surface area contributed by atoms with Crippen molar-refractivity contribution in [2.24, 2.45) is 5.92 Å². The van der Waals surface area contributed by atoms with E-state index in [0.717, 1.165) is 23.4 Å². The maximum absolute atomic E-state index is 12.9. The number of ether oxygens (including phenoxy) is 2. The zero-order valence-corrected chi connectivity index (χ0v) is 20.2. The van der Waals surface area contributed by atoms with E-state index in [1.807, 2.05) is 59.5 Å². The van der Waals surface area contributed by atoms with Gasteiger partial charge in [0.25, 0.3) is 11.5 Å². The molecule has 186 valence electrons. The molecule has 0 saturated carbocycles. The molecule has 5 rings (SSSR count). The number of pyridine rings is 1. The van der Waals surface area contributed by atoms with Crippen LogP contribution in [0.15, 0.2) is 71.5 Å². The Balaban J connectivity index is 1.30. The summed E-state index contributed by atoms with van der Waals surface area (Å²) in [5.41, 5.74) is 2.21. The molecule has 2 unspecified atom stereocenters. The summed E-state index contributed by atoms with van der Waals surface area (Å²) in [5.74, 6) is 1.29. The predicted octanol–water partition coefficient (Wildman–Crippen LogP) is 3.06. The molecule has 2 atom stereocenters. The molecule has 1 aromatic heterocycles. The van der Waals surface area contributed by atoms with Crippen LogP contribution < -0.4 is 20.3 Å². The average Bonchev–Trinajstić information content (AvgIpc) is 2.89. The fourth-order valence-electron chi connectivity index (χ4n) is 5.20. The quantitative estimate of drug-likeness (QED) is 0.553. The van der Waals surface area contributed by atoms with Crippen molar-refractivity contribution in [2.45, 2.75) is 25.3 Å². The molecule has 8 nitrogen and oxygen atoms in total. The number of benzene rings is 2. The Morgan fingerprint density at radius 2 is 1.72 bits per heavy atom. The van der Waals surface area contributed by atoms with Crippen LogP contribution in [-0.2, 0) is 22.6 Å². The molecule has 1 N–H and O–H groups in total. The topological polar surface area (TPSA) is 89.9 Å². The van der Waals surface area contributed by atoms with E-state index in [1.165, 1.54) is 6.07 Å². The van der Waals surface area contributed by atoms with E-state index in [1.54, 1.807) is 17.7 Å². The van der Waals surface area contributed by atoms with Crippen LogP contribution in [0.1, 0.15) is 23.6 Å². The van der Waals surface area contributed by atoms with Gasteiger partial charge in [0.1, 0.15) is 11.5 Å². The molecule has 0 spiro atoms. The number of para-hydroxylation sites is 1. The molecule has 1 fully saturated rings. The number of amides is 2. The van der Waals surface area contributed by atoms with Crippen LogP contribution >= 0.6 is 0 Å². The summed E-state index contributed by atoms with van der Waals surface area (Å²) in [7, 11) is 1.60. The van der Waals surface area contributed by atoms with Crippen molar-refractivity contribution in [1.29, 1.82) is 0 Å². The number of nitrogens with one attached hydrogen (secondary N) is 1. The van der Waals surface area contributed by atoms with Gasteiger partial charge in [-0.25, -0.2) is 0 Å². The number of carbonyl (C=O) groups is 2. The van der Waals surface area contributed by atoms with Crippen molar-refractivity contribution >= 4 is 17.5 Å². The summed E-state index contributed by atoms with van der Waals surface area (Å²) in [6.07, 6.45) is 1.07. The maximum Gasteiger partial charge on any atom is 0.260 e. The zero-order valence-electron chi connectivity index (χ0n) is 20.2. The highest BCUT2D eigenvalue weighted by molar-refractivity contribution is 5.93. The average molecular weight is 488 g/mol. The van der Waals surface area contributed by atoms with Crippen LogP contribution in [-0.4, -0.2) is 48.1 Å². The fourth-order valence-corrected chi connectivity index (χ4v) is 5.20. The van der Waals surface area contributed by atoms with E-state index in [-0.39, 0.29) is 42.2 Å². The second-order valence-corrected chi connectivity index (χ2v) is 9.35. The Kier molecular flexibility index (Phi) is 6.75. The minimum atomic E-state index is -0.163. The van der Waals surface area contributed by atoms with Gasteiger partial charge in [0.15, 0.2) is 6.61 Å². The molecule has 0 aliphatic carbocycles. The molecule has 36 heavy (non-hydrogen) atoms. The van der Waals surface area contributed by atoms with E-state index >= 15 is 0 Å². The molecule has 2 aliphatic rings. The lowest BCUT2D eigenvalue weighted by Gasteiger charge is -2.43. The van der Waals surface area contributed by atoms with Crippen LogP contribution in [0.2, 0.25) is 0 Å². The minimum Gasteiger partial charge on any atom is -0.497 e. The third kappa shape index (κ3) is 5.12. The first kappa shape index (κ1) is 23.7. The van der Waals surface area contributed by atoms with Crippen molar-refractivity contribution in [3.63, 3.8) is 0 Å². The molecular weight excluding hydrogens is 458 g/mol. The van der Waals surface area contributed by atoms with Gasteiger partial charge in [-0.15, -0.1) is 0 Å². The Hall–Kier alpha value is -4.07. The fraction of sp³-hybridized carbons (Fsp3) is 0.321. The van der Waals surface area contributed by atoms with Gasteiger partial charge in [-0.2, -0.15) is 0 Å². The standard InChI is InChI=1S/C28H29N3O5/c1-35-22-9-7-19(8-10-22)14-25(32)29-24-11-12-26(33)31-16-20-13-21(28(24)31)17-30(15-20)27(34)18-36-23-5-3-2-4-6-23/h2-12,20-21H,13-18H2,1H3,(H,29,32). The number of hydrogen-bond acceptors (Lipinski definition) is 5. The van der Waals surface area contributed by atoms with E-state index < -0.39 is 0 Å². The number of hydrogen-bond donors (Lipinski definition) is 1. The minimum absolute atomic E-state index is 0.0312. The molecule has 3 aromatic rings. The number of fused-ring (bicyclic) bond motifs is 4. The molecular formula is C28H29N3O5. The van der Waals surface area contributed by atoms with Gasteiger partial charge in [-0.3, -0.25) is 14.4 Å². The van der Waals surface area contributed by atoms with Crippen LogP contribution in [0, 0.1) is 5.92 Å². The third-order valence-electron chi connectivity index (χ3n) is 6.85. The van der Waals surface area contributed by atoms with E-state index in [2.05, 4.69) is 5.32 Å². The van der Waals surface area contributed by atoms with Crippen LogP contribution in [0.3, 0.4) is 0 Å². The van der Waals surface area contributed by atoms with E-state index in [9.17, 15) is 14.4 Å². The number of anilines is 1. The Morgan fingerprint density at radius 1 is 0.944 bits per heavy atom. The summed E-state index contributed by atoms with van der Waals surface area (Å²) in [6.45, 7) is 1.57. The second kappa shape index (κ2) is 10.3. The number of rotatable bonds is 7. The highest BCUT2D eigenvalue weighted by Crippen LogP contribution is 2.38. The lowest BCUT2D eigenvalue weighted by Crippen LogP contribution is -2.50. The van der Waals surface area contributed by atoms with Gasteiger partial charge in [-0.1, -0.05) is 30.3 Å². The number of aromatic nitrogens is 1. The van der Waals surface area contributed by atoms with Crippen molar-refractivity contribution in [2.75, 3.05) is 32.1 Å². The number of piperidine rings is 1. The van der Waals surface area contributed by atoms with Crippen LogP contribution in [0.25, 0.3) is 0 Å². The molecule has 3 heterocycles. The lowest BCUT2D eigenvalue weighted by atomic mass is 9.82. The first-order valence-corrected chi connectivity index (χ1v) is 12.1. The summed E-state index contributed by atoms with van der Waals surface area (Å²) < 4.78 is 12.6. The van der Waals surface area contributed by atoms with Crippen molar-refractivity contribution < 1.29 is 19.1 Å². The second-order valence-electron chi connectivity index (χ2n) is 9.35. The van der Waals surface area contributed by atoms with Gasteiger partial charge in [-0.05, 0) is 48.2 Å². The number of carbonyl (C=O) groups excluding carboxylic acids is 2. The van der Waals surface area contributed by atoms with Gasteiger partial charge < -0.3 is 24.3 Å². The Morgan fingerprint density at radius 3 is 2.47 bits per heavy atom. The van der Waals surface area contributed by atoms with Crippen molar-refractivity contribution in [1.82, 2.24) is 9.47 Å². The first-order valence-electron chi connectivity index (χ1n) is 12.1. The molecule has 2 aliphatic heterocycles. The van der Waals surface area contributed by atoms with Gasteiger partial charge >= 0.3 is 0 Å². The van der Waals surface area contributed by atoms with Crippen LogP contribution in [0.5, 0.6) is 11.5 Å². The summed E-state index contributed by atoms with van der Waals surface area (Å²) in [5, 5.41) is 3.01. The number of likely N-dealkylation sites (tertiary alicyclic amines) is 1. The third-order valence-corrected chi connectivity index (χ3v) is 6.85.